The fourth-order valence-electron chi connectivity index (χ4n) is 3.52. The first-order chi connectivity index (χ1) is 14.0. The molecule has 0 spiro atoms. The highest BCUT2D eigenvalue weighted by Gasteiger charge is 2.32. The summed E-state index contributed by atoms with van der Waals surface area (Å²) in [6.45, 7) is 8.08. The van der Waals surface area contributed by atoms with Crippen molar-refractivity contribution in [3.8, 4) is 0 Å². The van der Waals surface area contributed by atoms with E-state index in [0.717, 1.165) is 28.4 Å². The van der Waals surface area contributed by atoms with Crippen molar-refractivity contribution in [3.05, 3.63) is 16.0 Å². The van der Waals surface area contributed by atoms with E-state index in [0.29, 0.717) is 56.4 Å². The summed E-state index contributed by atoms with van der Waals surface area (Å²) in [5.74, 6) is -0.586. The molecule has 29 heavy (non-hydrogen) atoms. The Bertz CT molecular complexity index is 759. The van der Waals surface area contributed by atoms with Crippen LogP contribution in [0.4, 0.5) is 9.80 Å². The van der Waals surface area contributed by atoms with Crippen LogP contribution in [0.3, 0.4) is 0 Å². The summed E-state index contributed by atoms with van der Waals surface area (Å²) in [5.41, 5.74) is 1.27. The Kier molecular flexibility index (Phi) is 7.45. The van der Waals surface area contributed by atoms with Gasteiger partial charge in [-0.15, -0.1) is 11.3 Å². The molecule has 160 valence electrons. The van der Waals surface area contributed by atoms with Crippen molar-refractivity contribution in [2.45, 2.75) is 26.8 Å². The fraction of sp³-hybridized carbons (Fsp3) is 0.632. The number of hydrogen-bond acceptors (Lipinski definition) is 7. The quantitative estimate of drug-likeness (QED) is 0.635. The largest absolute Gasteiger partial charge is 0.462 e. The van der Waals surface area contributed by atoms with Gasteiger partial charge in [-0.3, -0.25) is 4.79 Å². The van der Waals surface area contributed by atoms with E-state index in [1.165, 1.54) is 11.3 Å². The number of nitrogens with zero attached hydrogens (tertiary/aromatic N) is 1. The summed E-state index contributed by atoms with van der Waals surface area (Å²) >= 11 is 1.33. The maximum absolute atomic E-state index is 12.6. The number of carbonyl (C=O) groups is 3. The Morgan fingerprint density at radius 2 is 1.90 bits per heavy atom. The van der Waals surface area contributed by atoms with Crippen LogP contribution in [0, 0.1) is 0 Å². The first-order valence-electron chi connectivity index (χ1n) is 9.98. The monoisotopic (exact) mass is 426 g/mol. The molecule has 1 saturated heterocycles. The molecule has 0 aliphatic carbocycles. The molecule has 0 aromatic carbocycles. The number of fused-ring (bicyclic) bond motifs is 1. The number of esters is 1. The summed E-state index contributed by atoms with van der Waals surface area (Å²) in [7, 11) is 0. The van der Waals surface area contributed by atoms with Gasteiger partial charge in [0.1, 0.15) is 18.1 Å². The lowest BCUT2D eigenvalue weighted by molar-refractivity contribution is -0.899. The van der Waals surface area contributed by atoms with E-state index < -0.39 is 5.97 Å². The lowest BCUT2D eigenvalue weighted by Gasteiger charge is -2.26. The molecular formula is C19H28N3O6S+. The number of nitrogens with one attached hydrogen (secondary N) is 2. The van der Waals surface area contributed by atoms with E-state index in [9.17, 15) is 14.4 Å². The zero-order valence-electron chi connectivity index (χ0n) is 16.9. The highest BCUT2D eigenvalue weighted by atomic mass is 32.1. The van der Waals surface area contributed by atoms with Gasteiger partial charge in [0, 0.05) is 11.4 Å². The number of amides is 2. The average molecular weight is 427 g/mol. The number of anilines is 1. The van der Waals surface area contributed by atoms with Gasteiger partial charge in [-0.25, -0.2) is 9.59 Å². The van der Waals surface area contributed by atoms with Crippen LogP contribution < -0.4 is 10.2 Å². The highest BCUT2D eigenvalue weighted by Crippen LogP contribution is 2.37. The van der Waals surface area contributed by atoms with Crippen LogP contribution in [-0.4, -0.2) is 75.5 Å². The van der Waals surface area contributed by atoms with Crippen LogP contribution >= 0.6 is 11.3 Å². The van der Waals surface area contributed by atoms with E-state index in [4.69, 9.17) is 14.2 Å². The lowest BCUT2D eigenvalue weighted by atomic mass is 10.0. The number of rotatable bonds is 6. The number of hydrogen-bond donors (Lipinski definition) is 2. The van der Waals surface area contributed by atoms with Gasteiger partial charge in [0.15, 0.2) is 6.54 Å². The molecule has 0 atom stereocenters. The zero-order chi connectivity index (χ0) is 20.8. The first-order valence-corrected chi connectivity index (χ1v) is 10.8. The van der Waals surface area contributed by atoms with E-state index in [-0.39, 0.29) is 18.6 Å². The molecule has 0 unspecified atom stereocenters. The molecule has 0 bridgehead atoms. The second-order valence-electron chi connectivity index (χ2n) is 6.89. The molecule has 0 radical (unpaired) electrons. The van der Waals surface area contributed by atoms with Crippen LogP contribution in [-0.2, 0) is 32.0 Å². The van der Waals surface area contributed by atoms with Crippen molar-refractivity contribution in [3.63, 3.8) is 0 Å². The van der Waals surface area contributed by atoms with Crippen LogP contribution in [0.15, 0.2) is 0 Å². The Morgan fingerprint density at radius 1 is 1.17 bits per heavy atom. The first kappa shape index (κ1) is 21.5. The molecule has 1 aromatic heterocycles. The van der Waals surface area contributed by atoms with Gasteiger partial charge < -0.3 is 29.3 Å². The van der Waals surface area contributed by atoms with Gasteiger partial charge in [0.2, 0.25) is 0 Å². The van der Waals surface area contributed by atoms with E-state index >= 15 is 0 Å². The molecule has 3 heterocycles. The van der Waals surface area contributed by atoms with Gasteiger partial charge >= 0.3 is 12.1 Å². The van der Waals surface area contributed by atoms with E-state index in [1.807, 2.05) is 0 Å². The lowest BCUT2D eigenvalue weighted by Crippen LogP contribution is -3.15. The second-order valence-corrected chi connectivity index (χ2v) is 7.99. The van der Waals surface area contributed by atoms with E-state index in [1.54, 1.807) is 18.7 Å². The molecule has 1 aromatic rings. The summed E-state index contributed by atoms with van der Waals surface area (Å²) in [5, 5.41) is 3.40. The van der Waals surface area contributed by atoms with E-state index in [2.05, 4.69) is 5.32 Å². The van der Waals surface area contributed by atoms with Gasteiger partial charge in [-0.2, -0.15) is 0 Å². The van der Waals surface area contributed by atoms with Crippen molar-refractivity contribution < 1.29 is 33.5 Å². The minimum Gasteiger partial charge on any atom is -0.462 e. The number of carbonyl (C=O) groups excluding carboxylic acids is 3. The Balaban J connectivity index is 1.77. The van der Waals surface area contributed by atoms with Crippen molar-refractivity contribution >= 4 is 34.3 Å². The number of ether oxygens (including phenoxy) is 3. The van der Waals surface area contributed by atoms with Gasteiger partial charge in [0.25, 0.3) is 5.91 Å². The topological polar surface area (TPSA) is 98.6 Å². The normalized spacial score (nSPS) is 16.8. The van der Waals surface area contributed by atoms with Gasteiger partial charge in [0.05, 0.1) is 38.5 Å². The summed E-state index contributed by atoms with van der Waals surface area (Å²) in [4.78, 5) is 40.9. The third-order valence-corrected chi connectivity index (χ3v) is 6.06. The van der Waals surface area contributed by atoms with Crippen molar-refractivity contribution in [1.29, 1.82) is 0 Å². The third-order valence-electron chi connectivity index (χ3n) is 4.93. The standard InChI is InChI=1S/C19H27N3O6S/c1-3-27-18(24)16-13-5-6-22(19(25)28-4-2)11-14(13)29-17(16)20-15(23)12-21-7-9-26-10-8-21/h3-12H2,1-2H3,(H,20,23)/p+1. The number of morpholine rings is 1. The number of thiophene rings is 1. The Morgan fingerprint density at radius 3 is 2.59 bits per heavy atom. The molecule has 10 heteroatoms. The van der Waals surface area contributed by atoms with Crippen LogP contribution in [0.2, 0.25) is 0 Å². The van der Waals surface area contributed by atoms with Crippen molar-refractivity contribution in [2.24, 2.45) is 0 Å². The maximum Gasteiger partial charge on any atom is 0.410 e. The highest BCUT2D eigenvalue weighted by molar-refractivity contribution is 7.17. The molecule has 3 rings (SSSR count). The van der Waals surface area contributed by atoms with Crippen LogP contribution in [0.5, 0.6) is 0 Å². The van der Waals surface area contributed by atoms with Gasteiger partial charge in [-0.1, -0.05) is 0 Å². The van der Waals surface area contributed by atoms with Crippen LogP contribution in [0.1, 0.15) is 34.6 Å². The SMILES string of the molecule is CCOC(=O)c1c(NC(=O)C[NH+]2CCOCC2)sc2c1CCN(C(=O)OCC)C2. The summed E-state index contributed by atoms with van der Waals surface area (Å²) in [6, 6.07) is 0. The number of quaternary nitrogens is 1. The molecule has 9 nitrogen and oxygen atoms in total. The molecule has 2 amide bonds. The molecule has 0 saturated carbocycles. The van der Waals surface area contributed by atoms with Crippen LogP contribution in [0.25, 0.3) is 0 Å². The summed E-state index contributed by atoms with van der Waals surface area (Å²) < 4.78 is 15.6. The Hall–Kier alpha value is -2.17. The maximum atomic E-state index is 12.6. The van der Waals surface area contributed by atoms with Crippen molar-refractivity contribution in [2.75, 3.05) is 57.9 Å². The minimum absolute atomic E-state index is 0.145. The predicted octanol–water partition coefficient (Wildman–Crippen LogP) is 0.293. The molecule has 2 aliphatic rings. The second kappa shape index (κ2) is 10.0. The summed E-state index contributed by atoms with van der Waals surface area (Å²) in [6.07, 6.45) is 0.148. The minimum atomic E-state index is -0.441. The van der Waals surface area contributed by atoms with Gasteiger partial charge in [-0.05, 0) is 25.8 Å². The smallest absolute Gasteiger partial charge is 0.410 e. The molecule has 1 fully saturated rings. The average Bonchev–Trinajstić information content (AvgIpc) is 3.05. The Labute approximate surface area is 173 Å². The fourth-order valence-corrected chi connectivity index (χ4v) is 4.78. The zero-order valence-corrected chi connectivity index (χ0v) is 17.7. The molecule has 2 N–H and O–H groups in total. The molecular weight excluding hydrogens is 398 g/mol. The molecule has 2 aliphatic heterocycles. The predicted molar refractivity (Wildman–Crippen MR) is 106 cm³/mol. The third kappa shape index (κ3) is 5.26. The van der Waals surface area contributed by atoms with Crippen molar-refractivity contribution in [1.82, 2.24) is 4.90 Å².